The van der Waals surface area contributed by atoms with Gasteiger partial charge in [-0.3, -0.25) is 9.79 Å². The van der Waals surface area contributed by atoms with Crippen LogP contribution in [0.3, 0.4) is 0 Å². The zero-order valence-electron chi connectivity index (χ0n) is 8.53. The molecule has 0 aromatic rings. The van der Waals surface area contributed by atoms with Gasteiger partial charge in [-0.05, 0) is 19.4 Å². The van der Waals surface area contributed by atoms with Crippen molar-refractivity contribution in [1.82, 2.24) is 5.32 Å². The average molecular weight is 202 g/mol. The van der Waals surface area contributed by atoms with Gasteiger partial charge in [0.25, 0.3) is 0 Å². The largest absolute Gasteiger partial charge is 0.480 e. The lowest BCUT2D eigenvalue weighted by Crippen LogP contribution is -2.39. The minimum atomic E-state index is -0.857. The second kappa shape index (κ2) is 6.20. The average Bonchev–Trinajstić information content (AvgIpc) is 2.03. The fourth-order valence-corrected chi connectivity index (χ4v) is 1.22. The summed E-state index contributed by atoms with van der Waals surface area (Å²) in [6.07, 6.45) is 0.635. The fourth-order valence-electron chi connectivity index (χ4n) is 1.22. The molecule has 0 radical (unpaired) electrons. The molecule has 0 spiro atoms. The van der Waals surface area contributed by atoms with Crippen molar-refractivity contribution >= 4 is 11.9 Å². The van der Waals surface area contributed by atoms with Gasteiger partial charge in [0.2, 0.25) is 0 Å². The van der Waals surface area contributed by atoms with E-state index >= 15 is 0 Å². The van der Waals surface area contributed by atoms with E-state index in [1.165, 1.54) is 0 Å². The zero-order valence-corrected chi connectivity index (χ0v) is 8.53. The van der Waals surface area contributed by atoms with Crippen LogP contribution >= 0.6 is 0 Å². The van der Waals surface area contributed by atoms with Crippen LogP contribution in [-0.4, -0.2) is 36.7 Å². The molecule has 0 aromatic carbocycles. The van der Waals surface area contributed by atoms with Crippen LogP contribution in [0.25, 0.3) is 0 Å². The van der Waals surface area contributed by atoms with Crippen molar-refractivity contribution in [3.63, 3.8) is 0 Å². The molecule has 0 bridgehead atoms. The molecule has 6 heteroatoms. The van der Waals surface area contributed by atoms with Crippen molar-refractivity contribution in [2.75, 3.05) is 13.6 Å². The highest BCUT2D eigenvalue weighted by Gasteiger charge is 2.21. The number of carboxylic acid groups (broad SMARTS) is 1. The number of carboxylic acids is 1. The summed E-state index contributed by atoms with van der Waals surface area (Å²) >= 11 is 0. The maximum atomic E-state index is 10.7. The van der Waals surface area contributed by atoms with Gasteiger partial charge in [-0.25, -0.2) is 0 Å². The molecule has 1 unspecified atom stereocenters. The molecule has 0 rings (SSSR count). The molecule has 0 amide bonds. The Kier molecular flexibility index (Phi) is 5.62. The molecule has 0 heterocycles. The molecule has 14 heavy (non-hydrogen) atoms. The van der Waals surface area contributed by atoms with Crippen LogP contribution in [0, 0.1) is 5.92 Å². The van der Waals surface area contributed by atoms with Gasteiger partial charge in [0.05, 0.1) is 0 Å². The smallest absolute Gasteiger partial charge is 0.320 e. The van der Waals surface area contributed by atoms with Crippen LogP contribution in [0.5, 0.6) is 0 Å². The first-order chi connectivity index (χ1) is 6.49. The van der Waals surface area contributed by atoms with Crippen LogP contribution in [0.15, 0.2) is 4.99 Å². The van der Waals surface area contributed by atoms with Crippen molar-refractivity contribution in [2.24, 2.45) is 22.4 Å². The van der Waals surface area contributed by atoms with E-state index in [1.807, 2.05) is 6.92 Å². The summed E-state index contributed by atoms with van der Waals surface area (Å²) in [5.41, 5.74) is 10.3. The number of likely N-dealkylation sites (N-methyl/N-ethyl adjacent to an activating group) is 1. The Balaban J connectivity index is 3.99. The Morgan fingerprint density at radius 1 is 1.57 bits per heavy atom. The van der Waals surface area contributed by atoms with E-state index in [0.29, 0.717) is 13.0 Å². The van der Waals surface area contributed by atoms with Crippen LogP contribution in [0.1, 0.15) is 13.3 Å². The molecule has 0 aliphatic carbocycles. The van der Waals surface area contributed by atoms with E-state index < -0.39 is 12.0 Å². The third kappa shape index (κ3) is 4.66. The Hall–Kier alpha value is -1.30. The molecule has 0 saturated heterocycles. The predicted octanol–water partition coefficient (Wildman–Crippen LogP) is -1.04. The van der Waals surface area contributed by atoms with E-state index in [1.54, 1.807) is 7.05 Å². The first-order valence-electron chi connectivity index (χ1n) is 4.44. The Morgan fingerprint density at radius 3 is 2.50 bits per heavy atom. The lowest BCUT2D eigenvalue weighted by atomic mass is 9.99. The Labute approximate surface area is 83.4 Å². The van der Waals surface area contributed by atoms with Crippen molar-refractivity contribution < 1.29 is 9.90 Å². The molecule has 6 nitrogen and oxygen atoms in total. The third-order valence-electron chi connectivity index (χ3n) is 2.02. The van der Waals surface area contributed by atoms with Crippen molar-refractivity contribution in [3.05, 3.63) is 0 Å². The lowest BCUT2D eigenvalue weighted by Gasteiger charge is -2.18. The number of nitrogens with one attached hydrogen (secondary N) is 1. The number of aliphatic carboxylic acids is 1. The molecule has 0 aliphatic heterocycles. The van der Waals surface area contributed by atoms with Crippen LogP contribution < -0.4 is 16.8 Å². The number of hydrogen-bond donors (Lipinski definition) is 4. The summed E-state index contributed by atoms with van der Waals surface area (Å²) in [6.45, 7) is 2.30. The first kappa shape index (κ1) is 12.7. The third-order valence-corrected chi connectivity index (χ3v) is 2.02. The summed E-state index contributed by atoms with van der Waals surface area (Å²) in [5, 5.41) is 11.5. The topological polar surface area (TPSA) is 114 Å². The fraction of sp³-hybridized carbons (Fsp3) is 0.750. The SMILES string of the molecule is CN[C@H](C(=O)O)C(C)CCN=C(N)N. The molecule has 0 aliphatic rings. The van der Waals surface area contributed by atoms with E-state index in [9.17, 15) is 4.79 Å². The highest BCUT2D eigenvalue weighted by Crippen LogP contribution is 2.08. The van der Waals surface area contributed by atoms with Gasteiger partial charge in [-0.2, -0.15) is 0 Å². The quantitative estimate of drug-likeness (QED) is 0.324. The second-order valence-electron chi connectivity index (χ2n) is 3.18. The normalized spacial score (nSPS) is 14.4. The monoisotopic (exact) mass is 202 g/mol. The van der Waals surface area contributed by atoms with Crippen LogP contribution in [-0.2, 0) is 4.79 Å². The highest BCUT2D eigenvalue weighted by molar-refractivity contribution is 5.75. The van der Waals surface area contributed by atoms with E-state index in [-0.39, 0.29) is 11.9 Å². The number of nitrogens with two attached hydrogens (primary N) is 2. The lowest BCUT2D eigenvalue weighted by molar-refractivity contribution is -0.140. The Bertz CT molecular complexity index is 213. The second-order valence-corrected chi connectivity index (χ2v) is 3.18. The molecule has 0 saturated carbocycles. The van der Waals surface area contributed by atoms with Crippen LogP contribution in [0.2, 0.25) is 0 Å². The minimum absolute atomic E-state index is 0.0133. The van der Waals surface area contributed by atoms with E-state index in [2.05, 4.69) is 10.3 Å². The van der Waals surface area contributed by atoms with Gasteiger partial charge in [0, 0.05) is 6.54 Å². The van der Waals surface area contributed by atoms with Crippen molar-refractivity contribution in [2.45, 2.75) is 19.4 Å². The molecule has 2 atom stereocenters. The number of guanidine groups is 1. The summed E-state index contributed by atoms with van der Waals surface area (Å²) < 4.78 is 0. The maximum absolute atomic E-state index is 10.7. The van der Waals surface area contributed by atoms with E-state index in [0.717, 1.165) is 0 Å². The van der Waals surface area contributed by atoms with Gasteiger partial charge < -0.3 is 21.9 Å². The molecular formula is C8H18N4O2. The standard InChI is InChI=1S/C8H18N4O2/c1-5(3-4-12-8(9)10)6(11-2)7(13)14/h5-6,11H,3-4H2,1-2H3,(H,13,14)(H4,9,10,12)/t5?,6-/m0/s1. The minimum Gasteiger partial charge on any atom is -0.480 e. The van der Waals surface area contributed by atoms with Gasteiger partial charge in [-0.1, -0.05) is 6.92 Å². The summed E-state index contributed by atoms with van der Waals surface area (Å²) in [4.78, 5) is 14.5. The number of hydrogen-bond acceptors (Lipinski definition) is 3. The van der Waals surface area contributed by atoms with E-state index in [4.69, 9.17) is 16.6 Å². The predicted molar refractivity (Wildman–Crippen MR) is 54.9 cm³/mol. The molecule has 6 N–H and O–H groups in total. The highest BCUT2D eigenvalue weighted by atomic mass is 16.4. The Morgan fingerprint density at radius 2 is 2.14 bits per heavy atom. The first-order valence-corrected chi connectivity index (χ1v) is 4.44. The number of rotatable bonds is 6. The van der Waals surface area contributed by atoms with Gasteiger partial charge in [0.15, 0.2) is 5.96 Å². The van der Waals surface area contributed by atoms with Gasteiger partial charge >= 0.3 is 5.97 Å². The number of aliphatic imine (C=N–C) groups is 1. The molecule has 0 fully saturated rings. The van der Waals surface area contributed by atoms with Crippen LogP contribution in [0.4, 0.5) is 0 Å². The summed E-state index contributed by atoms with van der Waals surface area (Å²) in [7, 11) is 1.62. The molecule has 0 aromatic heterocycles. The van der Waals surface area contributed by atoms with Gasteiger partial charge in [-0.15, -0.1) is 0 Å². The van der Waals surface area contributed by atoms with Crippen molar-refractivity contribution in [1.29, 1.82) is 0 Å². The summed E-state index contributed by atoms with van der Waals surface area (Å²) in [6, 6.07) is -0.552. The van der Waals surface area contributed by atoms with Crippen molar-refractivity contribution in [3.8, 4) is 0 Å². The van der Waals surface area contributed by atoms with Gasteiger partial charge in [0.1, 0.15) is 6.04 Å². The molecule has 82 valence electrons. The number of carbonyl (C=O) groups is 1. The zero-order chi connectivity index (χ0) is 11.1. The maximum Gasteiger partial charge on any atom is 0.320 e. The number of nitrogens with zero attached hydrogens (tertiary/aromatic N) is 1. The summed E-state index contributed by atoms with van der Waals surface area (Å²) in [5.74, 6) is -0.834. The molecular weight excluding hydrogens is 184 g/mol.